The second-order valence-corrected chi connectivity index (χ2v) is 4.26. The number of hydrogen-bond acceptors (Lipinski definition) is 5. The maximum Gasteiger partial charge on any atom is 0.282 e. The van der Waals surface area contributed by atoms with E-state index in [1.807, 2.05) is 0 Å². The Morgan fingerprint density at radius 1 is 1.52 bits per heavy atom. The van der Waals surface area contributed by atoms with Crippen molar-refractivity contribution < 1.29 is 14.1 Å². The first-order chi connectivity index (χ1) is 9.97. The van der Waals surface area contributed by atoms with E-state index in [1.165, 1.54) is 11.0 Å². The highest BCUT2D eigenvalue weighted by Crippen LogP contribution is 2.19. The summed E-state index contributed by atoms with van der Waals surface area (Å²) in [5.41, 5.74) is -0.751. The van der Waals surface area contributed by atoms with Crippen LogP contribution in [0.15, 0.2) is 24.5 Å². The number of amides is 1. The third-order valence-electron chi connectivity index (χ3n) is 2.68. The van der Waals surface area contributed by atoms with Crippen LogP contribution in [-0.4, -0.2) is 32.1 Å². The van der Waals surface area contributed by atoms with Crippen molar-refractivity contribution in [1.82, 2.24) is 20.1 Å². The quantitative estimate of drug-likeness (QED) is 0.649. The molecular weight excluding hydrogens is 281 g/mol. The van der Waals surface area contributed by atoms with Crippen molar-refractivity contribution in [1.29, 1.82) is 0 Å². The molecule has 9 heteroatoms. The van der Waals surface area contributed by atoms with E-state index < -0.39 is 22.3 Å². The summed E-state index contributed by atoms with van der Waals surface area (Å²) in [6.45, 7) is 0.191. The molecule has 0 fully saturated rings. The van der Waals surface area contributed by atoms with Gasteiger partial charge in [-0.25, -0.2) is 9.37 Å². The molecule has 8 nitrogen and oxygen atoms in total. The standard InChI is InChI=1S/C12H12FN5O3/c1-17-7-15-11(16-17)4-5-14-12(19)9-6-8(13)2-3-10(9)18(20)21/h2-3,6-7H,4-5H2,1H3,(H,14,19). The first-order valence-electron chi connectivity index (χ1n) is 6.04. The predicted molar refractivity (Wildman–Crippen MR) is 70.1 cm³/mol. The highest BCUT2D eigenvalue weighted by Gasteiger charge is 2.20. The Morgan fingerprint density at radius 2 is 2.29 bits per heavy atom. The summed E-state index contributed by atoms with van der Waals surface area (Å²) in [7, 11) is 1.71. The summed E-state index contributed by atoms with van der Waals surface area (Å²) in [5, 5.41) is 17.3. The maximum absolute atomic E-state index is 13.1. The molecule has 0 aliphatic carbocycles. The number of carbonyl (C=O) groups is 1. The molecule has 1 N–H and O–H groups in total. The number of nitrogens with zero attached hydrogens (tertiary/aromatic N) is 4. The van der Waals surface area contributed by atoms with Gasteiger partial charge in [-0.05, 0) is 12.1 Å². The highest BCUT2D eigenvalue weighted by molar-refractivity contribution is 5.98. The number of nitro benzene ring substituents is 1. The third kappa shape index (κ3) is 3.59. The van der Waals surface area contributed by atoms with Gasteiger partial charge in [0.25, 0.3) is 11.6 Å². The third-order valence-corrected chi connectivity index (χ3v) is 2.68. The number of rotatable bonds is 5. The minimum atomic E-state index is -0.728. The number of aryl methyl sites for hydroxylation is 1. The SMILES string of the molecule is Cn1cnc(CCNC(=O)c2cc(F)ccc2[N+](=O)[O-])n1. The van der Waals surface area contributed by atoms with Gasteiger partial charge in [-0.1, -0.05) is 0 Å². The minimum absolute atomic E-state index is 0.191. The van der Waals surface area contributed by atoms with E-state index in [-0.39, 0.29) is 12.1 Å². The molecule has 0 atom stereocenters. The van der Waals surface area contributed by atoms with E-state index in [2.05, 4.69) is 15.4 Å². The van der Waals surface area contributed by atoms with Gasteiger partial charge in [0.2, 0.25) is 0 Å². The lowest BCUT2D eigenvalue weighted by Gasteiger charge is -2.04. The normalized spacial score (nSPS) is 10.4. The smallest absolute Gasteiger partial charge is 0.282 e. The Hall–Kier alpha value is -2.84. The second-order valence-electron chi connectivity index (χ2n) is 4.26. The van der Waals surface area contributed by atoms with E-state index in [0.717, 1.165) is 18.2 Å². The molecular formula is C12H12FN5O3. The van der Waals surface area contributed by atoms with Crippen molar-refractivity contribution in [2.45, 2.75) is 6.42 Å². The molecule has 2 aromatic rings. The van der Waals surface area contributed by atoms with Crippen molar-refractivity contribution in [3.05, 3.63) is 51.8 Å². The molecule has 0 aliphatic heterocycles. The molecule has 0 spiro atoms. The van der Waals surface area contributed by atoms with Crippen LogP contribution in [0, 0.1) is 15.9 Å². The van der Waals surface area contributed by atoms with Gasteiger partial charge in [-0.2, -0.15) is 5.10 Å². The molecule has 0 saturated carbocycles. The summed E-state index contributed by atoms with van der Waals surface area (Å²) in [6.07, 6.45) is 1.89. The number of aromatic nitrogens is 3. The second kappa shape index (κ2) is 6.07. The number of hydrogen-bond donors (Lipinski definition) is 1. The zero-order valence-corrected chi connectivity index (χ0v) is 11.1. The summed E-state index contributed by atoms with van der Waals surface area (Å²) in [6, 6.07) is 2.74. The fourth-order valence-corrected chi connectivity index (χ4v) is 1.73. The number of nitro groups is 1. The molecule has 1 aromatic carbocycles. The van der Waals surface area contributed by atoms with E-state index in [1.54, 1.807) is 7.05 Å². The fourth-order valence-electron chi connectivity index (χ4n) is 1.73. The van der Waals surface area contributed by atoms with Crippen LogP contribution in [0.5, 0.6) is 0 Å². The molecule has 0 bridgehead atoms. The topological polar surface area (TPSA) is 103 Å². The molecule has 0 aliphatic rings. The summed E-state index contributed by atoms with van der Waals surface area (Å²) < 4.78 is 14.7. The van der Waals surface area contributed by atoms with Crippen molar-refractivity contribution in [2.24, 2.45) is 7.05 Å². The van der Waals surface area contributed by atoms with Gasteiger partial charge in [0.05, 0.1) is 4.92 Å². The highest BCUT2D eigenvalue weighted by atomic mass is 19.1. The minimum Gasteiger partial charge on any atom is -0.351 e. The van der Waals surface area contributed by atoms with Gasteiger partial charge in [0.1, 0.15) is 17.7 Å². The van der Waals surface area contributed by atoms with Crippen molar-refractivity contribution in [3.8, 4) is 0 Å². The molecule has 21 heavy (non-hydrogen) atoms. The Balaban J connectivity index is 2.03. The van der Waals surface area contributed by atoms with Crippen LogP contribution in [0.2, 0.25) is 0 Å². The van der Waals surface area contributed by atoms with E-state index >= 15 is 0 Å². The van der Waals surface area contributed by atoms with Crippen LogP contribution in [0.25, 0.3) is 0 Å². The molecule has 2 rings (SSSR count). The predicted octanol–water partition coefficient (Wildman–Crippen LogP) is 0.835. The van der Waals surface area contributed by atoms with E-state index in [0.29, 0.717) is 12.2 Å². The zero-order chi connectivity index (χ0) is 15.4. The van der Waals surface area contributed by atoms with Crippen LogP contribution in [0.3, 0.4) is 0 Å². The molecule has 1 heterocycles. The van der Waals surface area contributed by atoms with Crippen LogP contribution in [0.1, 0.15) is 16.2 Å². The Kier molecular flexibility index (Phi) is 4.21. The first kappa shape index (κ1) is 14.6. The number of carbonyl (C=O) groups excluding carboxylic acids is 1. The summed E-state index contributed by atoms with van der Waals surface area (Å²) in [4.78, 5) is 26.0. The molecule has 110 valence electrons. The molecule has 0 saturated heterocycles. The number of halogens is 1. The van der Waals surface area contributed by atoms with Gasteiger partial charge in [-0.15, -0.1) is 0 Å². The first-order valence-corrected chi connectivity index (χ1v) is 6.04. The lowest BCUT2D eigenvalue weighted by Crippen LogP contribution is -2.26. The lowest BCUT2D eigenvalue weighted by atomic mass is 10.1. The number of benzene rings is 1. The largest absolute Gasteiger partial charge is 0.351 e. The van der Waals surface area contributed by atoms with E-state index in [4.69, 9.17) is 0 Å². The van der Waals surface area contributed by atoms with Crippen LogP contribution in [0.4, 0.5) is 10.1 Å². The van der Waals surface area contributed by atoms with Crippen LogP contribution >= 0.6 is 0 Å². The van der Waals surface area contributed by atoms with Gasteiger partial charge in [0.15, 0.2) is 5.82 Å². The van der Waals surface area contributed by atoms with Crippen molar-refractivity contribution in [3.63, 3.8) is 0 Å². The Bertz CT molecular complexity index is 685. The van der Waals surface area contributed by atoms with Crippen molar-refractivity contribution >= 4 is 11.6 Å². The van der Waals surface area contributed by atoms with Gasteiger partial charge in [0, 0.05) is 26.1 Å². The average Bonchev–Trinajstić information content (AvgIpc) is 2.84. The Labute approximate surface area is 118 Å². The number of nitrogens with one attached hydrogen (secondary N) is 1. The summed E-state index contributed by atoms with van der Waals surface area (Å²) in [5.74, 6) is -0.888. The van der Waals surface area contributed by atoms with Crippen LogP contribution < -0.4 is 5.32 Å². The average molecular weight is 293 g/mol. The molecule has 0 radical (unpaired) electrons. The molecule has 1 amide bonds. The fraction of sp³-hybridized carbons (Fsp3) is 0.250. The Morgan fingerprint density at radius 3 is 2.90 bits per heavy atom. The van der Waals surface area contributed by atoms with Crippen LogP contribution in [-0.2, 0) is 13.5 Å². The zero-order valence-electron chi connectivity index (χ0n) is 11.1. The maximum atomic E-state index is 13.1. The lowest BCUT2D eigenvalue weighted by molar-refractivity contribution is -0.385. The monoisotopic (exact) mass is 293 g/mol. The van der Waals surface area contributed by atoms with Gasteiger partial charge in [-0.3, -0.25) is 19.6 Å². The van der Waals surface area contributed by atoms with Gasteiger partial charge < -0.3 is 5.32 Å². The van der Waals surface area contributed by atoms with Crippen molar-refractivity contribution in [2.75, 3.05) is 6.54 Å². The van der Waals surface area contributed by atoms with E-state index in [9.17, 15) is 19.3 Å². The molecule has 1 aromatic heterocycles. The molecule has 0 unspecified atom stereocenters. The van der Waals surface area contributed by atoms with Gasteiger partial charge >= 0.3 is 0 Å². The summed E-state index contributed by atoms with van der Waals surface area (Å²) >= 11 is 0.